The van der Waals surface area contributed by atoms with Gasteiger partial charge in [-0.05, 0) is 55.8 Å². The number of carbonyl (C=O) groups excluding carboxylic acids is 2. The summed E-state index contributed by atoms with van der Waals surface area (Å²) in [5.74, 6) is 0.0834. The van der Waals surface area contributed by atoms with Crippen LogP contribution in [0.3, 0.4) is 0 Å². The van der Waals surface area contributed by atoms with E-state index in [4.69, 9.17) is 4.74 Å². The quantitative estimate of drug-likeness (QED) is 0.600. The van der Waals surface area contributed by atoms with Crippen LogP contribution in [-0.2, 0) is 4.79 Å². The Morgan fingerprint density at radius 2 is 1.92 bits per heavy atom. The number of nitrogens with zero attached hydrogens (tertiary/aromatic N) is 1. The molecule has 0 heterocycles. The zero-order valence-corrected chi connectivity index (χ0v) is 14.3. The average Bonchev–Trinajstić information content (AvgIpc) is 2.61. The zero-order chi connectivity index (χ0) is 18.1. The monoisotopic (exact) mass is 339 g/mol. The van der Waals surface area contributed by atoms with Crippen molar-refractivity contribution in [2.75, 3.05) is 13.2 Å². The molecule has 0 unspecified atom stereocenters. The lowest BCUT2D eigenvalue weighted by atomic mass is 10.1. The van der Waals surface area contributed by atoms with Gasteiger partial charge < -0.3 is 10.1 Å². The number of rotatable bonds is 7. The first kappa shape index (κ1) is 18.2. The fourth-order valence-corrected chi connectivity index (χ4v) is 2.08. The Hall–Kier alpha value is -3.15. The fraction of sp³-hybridized carbons (Fsp3) is 0.211. The van der Waals surface area contributed by atoms with Gasteiger partial charge in [0, 0.05) is 5.56 Å². The number of benzene rings is 2. The van der Waals surface area contributed by atoms with Gasteiger partial charge in [0.15, 0.2) is 0 Å². The first-order valence-electron chi connectivity index (χ1n) is 7.98. The lowest BCUT2D eigenvalue weighted by Gasteiger charge is -2.05. The van der Waals surface area contributed by atoms with Crippen LogP contribution < -0.4 is 15.5 Å². The van der Waals surface area contributed by atoms with Crippen LogP contribution in [0.25, 0.3) is 0 Å². The zero-order valence-electron chi connectivity index (χ0n) is 14.3. The third-order valence-electron chi connectivity index (χ3n) is 3.28. The summed E-state index contributed by atoms with van der Waals surface area (Å²) in [5.41, 5.74) is 4.70. The summed E-state index contributed by atoms with van der Waals surface area (Å²) in [7, 11) is 0. The second-order valence-electron chi connectivity index (χ2n) is 5.35. The van der Waals surface area contributed by atoms with Crippen molar-refractivity contribution in [2.24, 2.45) is 5.10 Å². The lowest BCUT2D eigenvalue weighted by Crippen LogP contribution is -2.34. The van der Waals surface area contributed by atoms with Crippen LogP contribution in [0.15, 0.2) is 53.6 Å². The van der Waals surface area contributed by atoms with Gasteiger partial charge in [-0.3, -0.25) is 9.59 Å². The summed E-state index contributed by atoms with van der Waals surface area (Å²) in [5, 5.41) is 6.42. The van der Waals surface area contributed by atoms with Crippen molar-refractivity contribution < 1.29 is 14.3 Å². The number of nitrogens with one attached hydrogen (secondary N) is 2. The van der Waals surface area contributed by atoms with E-state index in [0.29, 0.717) is 12.2 Å². The molecule has 0 saturated carbocycles. The number of hydrazone groups is 1. The average molecular weight is 339 g/mol. The van der Waals surface area contributed by atoms with E-state index < -0.39 is 5.91 Å². The molecule has 0 atom stereocenters. The van der Waals surface area contributed by atoms with Crippen LogP contribution in [0.5, 0.6) is 5.75 Å². The molecule has 0 aromatic heterocycles. The summed E-state index contributed by atoms with van der Waals surface area (Å²) in [6, 6.07) is 14.5. The summed E-state index contributed by atoms with van der Waals surface area (Å²) < 4.78 is 5.35. The van der Waals surface area contributed by atoms with Crippen molar-refractivity contribution in [3.8, 4) is 5.75 Å². The van der Waals surface area contributed by atoms with E-state index in [1.165, 1.54) is 6.21 Å². The van der Waals surface area contributed by atoms with E-state index in [2.05, 4.69) is 15.8 Å². The molecule has 130 valence electrons. The molecule has 0 radical (unpaired) electrons. The maximum Gasteiger partial charge on any atom is 0.259 e. The second kappa shape index (κ2) is 9.22. The van der Waals surface area contributed by atoms with Crippen LogP contribution in [0.1, 0.15) is 28.4 Å². The highest BCUT2D eigenvalue weighted by molar-refractivity contribution is 5.96. The third-order valence-corrected chi connectivity index (χ3v) is 3.28. The predicted octanol–water partition coefficient (Wildman–Crippen LogP) is 2.27. The maximum atomic E-state index is 11.9. The van der Waals surface area contributed by atoms with Crippen molar-refractivity contribution in [1.82, 2.24) is 10.7 Å². The first-order chi connectivity index (χ1) is 12.1. The Morgan fingerprint density at radius 1 is 1.16 bits per heavy atom. The van der Waals surface area contributed by atoms with Crippen molar-refractivity contribution in [2.45, 2.75) is 13.8 Å². The molecule has 25 heavy (non-hydrogen) atoms. The minimum atomic E-state index is -0.400. The summed E-state index contributed by atoms with van der Waals surface area (Å²) in [4.78, 5) is 23.7. The maximum absolute atomic E-state index is 11.9. The Kier molecular flexibility index (Phi) is 6.71. The SMILES string of the molecule is CCOc1ccc(/C=N\NC(=O)CNC(=O)c2cccc(C)c2)cc1. The Morgan fingerprint density at radius 3 is 2.60 bits per heavy atom. The van der Waals surface area contributed by atoms with Crippen LogP contribution >= 0.6 is 0 Å². The van der Waals surface area contributed by atoms with Gasteiger partial charge in [-0.1, -0.05) is 17.7 Å². The molecule has 2 amide bonds. The van der Waals surface area contributed by atoms with Gasteiger partial charge in [-0.15, -0.1) is 0 Å². The van der Waals surface area contributed by atoms with E-state index >= 15 is 0 Å². The molecule has 6 heteroatoms. The second-order valence-corrected chi connectivity index (χ2v) is 5.35. The molecule has 2 aromatic rings. The van der Waals surface area contributed by atoms with Crippen molar-refractivity contribution in [3.63, 3.8) is 0 Å². The standard InChI is InChI=1S/C19H21N3O3/c1-3-25-17-9-7-15(8-10-17)12-21-22-18(23)13-20-19(24)16-6-4-5-14(2)11-16/h4-12H,3,13H2,1-2H3,(H,20,24)(H,22,23)/b21-12-. The van der Waals surface area contributed by atoms with Crippen molar-refractivity contribution >= 4 is 18.0 Å². The van der Waals surface area contributed by atoms with E-state index in [9.17, 15) is 9.59 Å². The van der Waals surface area contributed by atoms with Gasteiger partial charge in [0.1, 0.15) is 5.75 Å². The molecule has 6 nitrogen and oxygen atoms in total. The lowest BCUT2D eigenvalue weighted by molar-refractivity contribution is -0.120. The van der Waals surface area contributed by atoms with Gasteiger partial charge in [-0.2, -0.15) is 5.10 Å². The summed E-state index contributed by atoms with van der Waals surface area (Å²) >= 11 is 0. The van der Waals surface area contributed by atoms with E-state index in [-0.39, 0.29) is 12.5 Å². The molecule has 0 bridgehead atoms. The molecular formula is C19H21N3O3. The third kappa shape index (κ3) is 6.10. The van der Waals surface area contributed by atoms with Crippen LogP contribution in [0, 0.1) is 6.92 Å². The fourth-order valence-electron chi connectivity index (χ4n) is 2.08. The molecule has 2 rings (SSSR count). The van der Waals surface area contributed by atoms with E-state index in [0.717, 1.165) is 16.9 Å². The minimum Gasteiger partial charge on any atom is -0.494 e. The summed E-state index contributed by atoms with van der Waals surface area (Å²) in [6.45, 7) is 4.28. The number of hydrogen-bond donors (Lipinski definition) is 2. The van der Waals surface area contributed by atoms with Gasteiger partial charge in [0.2, 0.25) is 0 Å². The number of amides is 2. The van der Waals surface area contributed by atoms with Crippen LogP contribution in [-0.4, -0.2) is 31.2 Å². The largest absolute Gasteiger partial charge is 0.494 e. The Labute approximate surface area is 146 Å². The number of ether oxygens (including phenoxy) is 1. The molecule has 0 aliphatic rings. The number of carbonyl (C=O) groups is 2. The highest BCUT2D eigenvalue weighted by Gasteiger charge is 2.07. The molecular weight excluding hydrogens is 318 g/mol. The molecule has 0 spiro atoms. The Bertz CT molecular complexity index is 755. The topological polar surface area (TPSA) is 79.8 Å². The Balaban J connectivity index is 1.77. The summed E-state index contributed by atoms with van der Waals surface area (Å²) in [6.07, 6.45) is 1.52. The first-order valence-corrected chi connectivity index (χ1v) is 7.98. The highest BCUT2D eigenvalue weighted by Crippen LogP contribution is 2.10. The predicted molar refractivity (Wildman–Crippen MR) is 96.9 cm³/mol. The van der Waals surface area contributed by atoms with Crippen LogP contribution in [0.4, 0.5) is 0 Å². The van der Waals surface area contributed by atoms with E-state index in [1.807, 2.05) is 44.2 Å². The van der Waals surface area contributed by atoms with Crippen LogP contribution in [0.2, 0.25) is 0 Å². The molecule has 2 N–H and O–H groups in total. The highest BCUT2D eigenvalue weighted by atomic mass is 16.5. The van der Waals surface area contributed by atoms with Crippen molar-refractivity contribution in [1.29, 1.82) is 0 Å². The minimum absolute atomic E-state index is 0.145. The number of hydrogen-bond acceptors (Lipinski definition) is 4. The number of aryl methyl sites for hydroxylation is 1. The van der Waals surface area contributed by atoms with Crippen molar-refractivity contribution in [3.05, 3.63) is 65.2 Å². The normalized spacial score (nSPS) is 10.5. The van der Waals surface area contributed by atoms with E-state index in [1.54, 1.807) is 18.2 Å². The van der Waals surface area contributed by atoms with Gasteiger partial charge in [-0.25, -0.2) is 5.43 Å². The molecule has 0 saturated heterocycles. The van der Waals surface area contributed by atoms with Gasteiger partial charge in [0.25, 0.3) is 11.8 Å². The molecule has 0 fully saturated rings. The van der Waals surface area contributed by atoms with Gasteiger partial charge >= 0.3 is 0 Å². The molecule has 0 aliphatic heterocycles. The van der Waals surface area contributed by atoms with Gasteiger partial charge in [0.05, 0.1) is 19.4 Å². The molecule has 2 aromatic carbocycles. The molecule has 0 aliphatic carbocycles. The smallest absolute Gasteiger partial charge is 0.259 e.